The molecular formula is C15H24N2O2. The summed E-state index contributed by atoms with van der Waals surface area (Å²) in [7, 11) is 0. The molecule has 1 aromatic heterocycles. The first-order valence-corrected chi connectivity index (χ1v) is 7.20. The van der Waals surface area contributed by atoms with Crippen molar-refractivity contribution in [1.29, 1.82) is 0 Å². The highest BCUT2D eigenvalue weighted by Crippen LogP contribution is 2.35. The molecule has 3 atom stereocenters. The van der Waals surface area contributed by atoms with Crippen LogP contribution in [0.25, 0.3) is 0 Å². The van der Waals surface area contributed by atoms with Crippen LogP contribution in [0.4, 0.5) is 0 Å². The molecule has 4 heteroatoms. The Morgan fingerprint density at radius 2 is 2.11 bits per heavy atom. The molecule has 1 N–H and O–H groups in total. The molecule has 0 saturated heterocycles. The average molecular weight is 264 g/mol. The number of nitrogens with zero attached hydrogens (tertiary/aromatic N) is 2. The Morgan fingerprint density at radius 1 is 1.32 bits per heavy atom. The predicted molar refractivity (Wildman–Crippen MR) is 73.7 cm³/mol. The SMILES string of the molecule is CC1CCC(C(C)C)C(Oc2ccc(CO)nn2)C1. The molecule has 1 fully saturated rings. The maximum absolute atomic E-state index is 8.96. The molecule has 4 nitrogen and oxygen atoms in total. The molecule has 0 amide bonds. The fourth-order valence-electron chi connectivity index (χ4n) is 2.90. The summed E-state index contributed by atoms with van der Waals surface area (Å²) < 4.78 is 6.04. The van der Waals surface area contributed by atoms with Crippen LogP contribution in [0.1, 0.15) is 45.7 Å². The summed E-state index contributed by atoms with van der Waals surface area (Å²) in [5.74, 6) is 2.50. The van der Waals surface area contributed by atoms with Gasteiger partial charge in [-0.05, 0) is 36.7 Å². The highest BCUT2D eigenvalue weighted by molar-refractivity contribution is 5.11. The third kappa shape index (κ3) is 3.66. The molecule has 0 aromatic carbocycles. The van der Waals surface area contributed by atoms with Gasteiger partial charge in [-0.1, -0.05) is 27.2 Å². The maximum Gasteiger partial charge on any atom is 0.233 e. The van der Waals surface area contributed by atoms with E-state index in [0.717, 1.165) is 6.42 Å². The van der Waals surface area contributed by atoms with Crippen molar-refractivity contribution in [2.24, 2.45) is 17.8 Å². The molecule has 2 rings (SSSR count). The number of ether oxygens (including phenoxy) is 1. The quantitative estimate of drug-likeness (QED) is 0.908. The molecule has 0 spiro atoms. The van der Waals surface area contributed by atoms with Gasteiger partial charge >= 0.3 is 0 Å². The number of rotatable bonds is 4. The summed E-state index contributed by atoms with van der Waals surface area (Å²) >= 11 is 0. The van der Waals surface area contributed by atoms with Crippen molar-refractivity contribution in [3.63, 3.8) is 0 Å². The molecule has 1 aliphatic rings. The van der Waals surface area contributed by atoms with Gasteiger partial charge in [0.05, 0.1) is 12.3 Å². The third-order valence-corrected chi connectivity index (χ3v) is 4.09. The topological polar surface area (TPSA) is 55.2 Å². The van der Waals surface area contributed by atoms with E-state index in [9.17, 15) is 0 Å². The van der Waals surface area contributed by atoms with Crippen LogP contribution in [0, 0.1) is 17.8 Å². The van der Waals surface area contributed by atoms with Crippen molar-refractivity contribution in [2.45, 2.75) is 52.7 Å². The molecule has 1 heterocycles. The summed E-state index contributed by atoms with van der Waals surface area (Å²) in [6.07, 6.45) is 3.84. The monoisotopic (exact) mass is 264 g/mol. The van der Waals surface area contributed by atoms with E-state index in [0.29, 0.717) is 29.3 Å². The van der Waals surface area contributed by atoms with Crippen LogP contribution in [0.2, 0.25) is 0 Å². The Balaban J connectivity index is 2.05. The van der Waals surface area contributed by atoms with Crippen molar-refractivity contribution in [1.82, 2.24) is 10.2 Å². The first-order valence-electron chi connectivity index (χ1n) is 7.20. The highest BCUT2D eigenvalue weighted by Gasteiger charge is 2.32. The number of aromatic nitrogens is 2. The Morgan fingerprint density at radius 3 is 2.68 bits per heavy atom. The van der Waals surface area contributed by atoms with Gasteiger partial charge in [0.1, 0.15) is 6.10 Å². The molecule has 3 unspecified atom stereocenters. The molecule has 1 aliphatic carbocycles. The van der Waals surface area contributed by atoms with Crippen molar-refractivity contribution in [2.75, 3.05) is 0 Å². The largest absolute Gasteiger partial charge is 0.473 e. The van der Waals surface area contributed by atoms with Gasteiger partial charge in [0.15, 0.2) is 0 Å². The number of hydrogen-bond donors (Lipinski definition) is 1. The Bertz CT molecular complexity index is 392. The van der Waals surface area contributed by atoms with Crippen molar-refractivity contribution < 1.29 is 9.84 Å². The molecule has 19 heavy (non-hydrogen) atoms. The van der Waals surface area contributed by atoms with E-state index < -0.39 is 0 Å². The van der Waals surface area contributed by atoms with Crippen LogP contribution < -0.4 is 4.74 Å². The standard InChI is InChI=1S/C15H24N2O2/c1-10(2)13-6-4-11(3)8-14(13)19-15-7-5-12(9-18)16-17-15/h5,7,10-11,13-14,18H,4,6,8-9H2,1-3H3. The summed E-state index contributed by atoms with van der Waals surface area (Å²) in [6.45, 7) is 6.73. The zero-order valence-corrected chi connectivity index (χ0v) is 12.0. The van der Waals surface area contributed by atoms with Crippen LogP contribution in [0.5, 0.6) is 5.88 Å². The number of hydrogen-bond acceptors (Lipinski definition) is 4. The lowest BCUT2D eigenvalue weighted by Crippen LogP contribution is -2.36. The molecule has 1 saturated carbocycles. The fourth-order valence-corrected chi connectivity index (χ4v) is 2.90. The Labute approximate surface area is 115 Å². The van der Waals surface area contributed by atoms with E-state index in [4.69, 9.17) is 9.84 Å². The van der Waals surface area contributed by atoms with E-state index in [1.54, 1.807) is 12.1 Å². The van der Waals surface area contributed by atoms with E-state index in [2.05, 4.69) is 31.0 Å². The highest BCUT2D eigenvalue weighted by atomic mass is 16.5. The van der Waals surface area contributed by atoms with Crippen LogP contribution in [0.15, 0.2) is 12.1 Å². The Hall–Kier alpha value is -1.16. The van der Waals surface area contributed by atoms with E-state index in [1.165, 1.54) is 12.8 Å². The predicted octanol–water partition coefficient (Wildman–Crippen LogP) is 2.81. The normalized spacial score (nSPS) is 27.5. The smallest absolute Gasteiger partial charge is 0.233 e. The summed E-state index contributed by atoms with van der Waals surface area (Å²) in [4.78, 5) is 0. The van der Waals surface area contributed by atoms with Gasteiger partial charge in [0, 0.05) is 6.07 Å². The second kappa shape index (κ2) is 6.33. The molecular weight excluding hydrogens is 240 g/mol. The summed E-state index contributed by atoms with van der Waals surface area (Å²) in [5.41, 5.74) is 0.574. The second-order valence-electron chi connectivity index (χ2n) is 6.00. The first kappa shape index (κ1) is 14.3. The van der Waals surface area contributed by atoms with Crippen molar-refractivity contribution in [3.05, 3.63) is 17.8 Å². The number of aliphatic hydroxyl groups excluding tert-OH is 1. The molecule has 0 radical (unpaired) electrons. The van der Waals surface area contributed by atoms with Crippen LogP contribution in [-0.2, 0) is 6.61 Å². The summed E-state index contributed by atoms with van der Waals surface area (Å²) in [5, 5.41) is 16.9. The molecule has 106 valence electrons. The van der Waals surface area contributed by atoms with Crippen LogP contribution in [0.3, 0.4) is 0 Å². The second-order valence-corrected chi connectivity index (χ2v) is 6.00. The molecule has 1 aromatic rings. The van der Waals surface area contributed by atoms with E-state index in [-0.39, 0.29) is 12.7 Å². The first-order chi connectivity index (χ1) is 9.10. The fraction of sp³-hybridized carbons (Fsp3) is 0.733. The van der Waals surface area contributed by atoms with Crippen LogP contribution in [-0.4, -0.2) is 21.4 Å². The van der Waals surface area contributed by atoms with Gasteiger partial charge in [-0.3, -0.25) is 0 Å². The minimum atomic E-state index is -0.0810. The molecule has 0 aliphatic heterocycles. The Kier molecular flexibility index (Phi) is 4.75. The van der Waals surface area contributed by atoms with Crippen molar-refractivity contribution in [3.8, 4) is 5.88 Å². The van der Waals surface area contributed by atoms with Gasteiger partial charge in [0.2, 0.25) is 5.88 Å². The average Bonchev–Trinajstić information content (AvgIpc) is 2.39. The number of aliphatic hydroxyl groups is 1. The third-order valence-electron chi connectivity index (χ3n) is 4.09. The van der Waals surface area contributed by atoms with E-state index in [1.807, 2.05) is 0 Å². The summed E-state index contributed by atoms with van der Waals surface area (Å²) in [6, 6.07) is 3.56. The van der Waals surface area contributed by atoms with Crippen LogP contribution >= 0.6 is 0 Å². The van der Waals surface area contributed by atoms with Gasteiger partial charge in [-0.15, -0.1) is 10.2 Å². The van der Waals surface area contributed by atoms with E-state index >= 15 is 0 Å². The molecule has 0 bridgehead atoms. The maximum atomic E-state index is 8.96. The van der Waals surface area contributed by atoms with Gasteiger partial charge in [0.25, 0.3) is 0 Å². The lowest BCUT2D eigenvalue weighted by molar-refractivity contribution is 0.0418. The van der Waals surface area contributed by atoms with Gasteiger partial charge in [-0.25, -0.2) is 0 Å². The lowest BCUT2D eigenvalue weighted by Gasteiger charge is -2.36. The minimum absolute atomic E-state index is 0.0810. The minimum Gasteiger partial charge on any atom is -0.473 e. The lowest BCUT2D eigenvalue weighted by atomic mass is 9.75. The zero-order chi connectivity index (χ0) is 13.8. The van der Waals surface area contributed by atoms with Crippen molar-refractivity contribution >= 4 is 0 Å². The van der Waals surface area contributed by atoms with Gasteiger partial charge in [-0.2, -0.15) is 0 Å². The van der Waals surface area contributed by atoms with Gasteiger partial charge < -0.3 is 9.84 Å². The zero-order valence-electron chi connectivity index (χ0n) is 12.0.